The number of amides is 4. The van der Waals surface area contributed by atoms with Crippen LogP contribution in [0.1, 0.15) is 54.2 Å². The zero-order valence-corrected chi connectivity index (χ0v) is 24.9. The summed E-state index contributed by atoms with van der Waals surface area (Å²) in [5.74, 6) is -0.353. The third-order valence-corrected chi connectivity index (χ3v) is 6.78. The molecule has 3 aromatic carbocycles. The van der Waals surface area contributed by atoms with Crippen molar-refractivity contribution < 1.29 is 29.0 Å². The first-order valence-corrected chi connectivity index (χ1v) is 14.5. The molecule has 0 aliphatic heterocycles. The van der Waals surface area contributed by atoms with E-state index < -0.39 is 11.7 Å². The fourth-order valence-electron chi connectivity index (χ4n) is 4.74. The lowest BCUT2D eigenvalue weighted by molar-refractivity contribution is 0.0635. The number of nitrogens with one attached hydrogen (secondary N) is 3. The summed E-state index contributed by atoms with van der Waals surface area (Å²) in [5.41, 5.74) is 4.78. The predicted molar refractivity (Wildman–Crippen MR) is 166 cm³/mol. The van der Waals surface area contributed by atoms with E-state index in [9.17, 15) is 14.4 Å². The average molecular weight is 589 g/mol. The summed E-state index contributed by atoms with van der Waals surface area (Å²) in [5, 5.41) is 17.5. The molecular weight excluding hydrogens is 548 g/mol. The standard InChI is InChI=1S/C33H40N4O6/c1-33(2,3)43-32(41)36-29-10-5-4-9-28(29)35-30(39)25-13-11-23(12-14-25)22-37(17-19-42-20-18-38)31(40)34-27-16-15-24-7-6-8-26(24)21-27/h4-5,9-16,21,38H,6-8,17-20,22H2,1-3H3,(H,34,40)(H,35,39)(H,36,41). The van der Waals surface area contributed by atoms with Crippen LogP contribution in [0, 0.1) is 0 Å². The molecule has 0 atom stereocenters. The van der Waals surface area contributed by atoms with Crippen LogP contribution in [0.2, 0.25) is 0 Å². The van der Waals surface area contributed by atoms with Crippen LogP contribution in [0.4, 0.5) is 26.7 Å². The van der Waals surface area contributed by atoms with Gasteiger partial charge >= 0.3 is 12.1 Å². The van der Waals surface area contributed by atoms with Gasteiger partial charge in [-0.2, -0.15) is 0 Å². The molecule has 0 bridgehead atoms. The summed E-state index contributed by atoms with van der Waals surface area (Å²) in [6, 6.07) is 19.6. The van der Waals surface area contributed by atoms with Crippen molar-refractivity contribution in [3.8, 4) is 0 Å². The Kier molecular flexibility index (Phi) is 10.7. The van der Waals surface area contributed by atoms with E-state index in [0.717, 1.165) is 30.5 Å². The first-order valence-electron chi connectivity index (χ1n) is 14.5. The summed E-state index contributed by atoms with van der Waals surface area (Å²) in [6.45, 7) is 6.31. The highest BCUT2D eigenvalue weighted by Gasteiger charge is 2.19. The molecule has 10 heteroatoms. The van der Waals surface area contributed by atoms with Gasteiger partial charge in [-0.15, -0.1) is 0 Å². The molecule has 3 aromatic rings. The van der Waals surface area contributed by atoms with Gasteiger partial charge in [0.1, 0.15) is 5.60 Å². The maximum atomic E-state index is 13.3. The molecule has 0 saturated carbocycles. The Morgan fingerprint density at radius 2 is 1.56 bits per heavy atom. The number of fused-ring (bicyclic) bond motifs is 1. The molecule has 0 spiro atoms. The maximum absolute atomic E-state index is 13.3. The Morgan fingerprint density at radius 1 is 0.860 bits per heavy atom. The average Bonchev–Trinajstić information content (AvgIpc) is 3.43. The summed E-state index contributed by atoms with van der Waals surface area (Å²) in [7, 11) is 0. The first-order chi connectivity index (χ1) is 20.6. The first kappa shape index (κ1) is 31.5. The van der Waals surface area contributed by atoms with E-state index in [0.29, 0.717) is 30.0 Å². The van der Waals surface area contributed by atoms with Gasteiger partial charge < -0.3 is 30.1 Å². The van der Waals surface area contributed by atoms with E-state index in [1.807, 2.05) is 12.1 Å². The Balaban J connectivity index is 1.40. The molecule has 0 radical (unpaired) electrons. The van der Waals surface area contributed by atoms with Crippen LogP contribution < -0.4 is 16.0 Å². The number of hydrogen-bond donors (Lipinski definition) is 4. The van der Waals surface area contributed by atoms with Crippen LogP contribution >= 0.6 is 0 Å². The van der Waals surface area contributed by atoms with Gasteiger partial charge in [0.25, 0.3) is 5.91 Å². The molecule has 0 unspecified atom stereocenters. The van der Waals surface area contributed by atoms with Crippen molar-refractivity contribution in [3.05, 3.63) is 89.0 Å². The van der Waals surface area contributed by atoms with Gasteiger partial charge in [-0.3, -0.25) is 10.1 Å². The quantitative estimate of drug-likeness (QED) is 0.209. The van der Waals surface area contributed by atoms with E-state index in [1.165, 1.54) is 11.1 Å². The van der Waals surface area contributed by atoms with E-state index >= 15 is 0 Å². The fraction of sp³-hybridized carbons (Fsp3) is 0.364. The number of anilines is 3. The topological polar surface area (TPSA) is 129 Å². The van der Waals surface area contributed by atoms with Gasteiger partial charge in [0.05, 0.1) is 31.2 Å². The molecule has 4 N–H and O–H groups in total. The predicted octanol–water partition coefficient (Wildman–Crippen LogP) is 5.82. The van der Waals surface area contributed by atoms with Gasteiger partial charge in [0, 0.05) is 24.3 Å². The highest BCUT2D eigenvalue weighted by Crippen LogP contribution is 2.26. The normalized spacial score (nSPS) is 12.3. The molecule has 10 nitrogen and oxygen atoms in total. The minimum absolute atomic E-state index is 0.0909. The highest BCUT2D eigenvalue weighted by molar-refractivity contribution is 6.06. The Morgan fingerprint density at radius 3 is 2.26 bits per heavy atom. The smallest absolute Gasteiger partial charge is 0.412 e. The third-order valence-electron chi connectivity index (χ3n) is 6.78. The Labute approximate surface area is 252 Å². The third kappa shape index (κ3) is 9.56. The lowest BCUT2D eigenvalue weighted by atomic mass is 10.1. The van der Waals surface area contributed by atoms with E-state index in [2.05, 4.69) is 22.0 Å². The Hall–Kier alpha value is -4.41. The second-order valence-corrected chi connectivity index (χ2v) is 11.3. The van der Waals surface area contributed by atoms with E-state index in [1.54, 1.807) is 74.2 Å². The minimum Gasteiger partial charge on any atom is -0.444 e. The number of aliphatic hydroxyl groups excluding tert-OH is 1. The summed E-state index contributed by atoms with van der Waals surface area (Å²) in [6.07, 6.45) is 2.60. The zero-order chi connectivity index (χ0) is 30.8. The summed E-state index contributed by atoms with van der Waals surface area (Å²) < 4.78 is 10.7. The number of ether oxygens (including phenoxy) is 2. The Bertz CT molecular complexity index is 1420. The molecule has 228 valence electrons. The maximum Gasteiger partial charge on any atom is 0.412 e. The van der Waals surface area contributed by atoms with Gasteiger partial charge in [-0.25, -0.2) is 9.59 Å². The number of aryl methyl sites for hydroxylation is 2. The number of aliphatic hydroxyl groups is 1. The van der Waals surface area contributed by atoms with Gasteiger partial charge in [0.15, 0.2) is 0 Å². The highest BCUT2D eigenvalue weighted by atomic mass is 16.6. The summed E-state index contributed by atoms with van der Waals surface area (Å²) in [4.78, 5) is 40.2. The molecular formula is C33H40N4O6. The second kappa shape index (κ2) is 14.7. The molecule has 0 fully saturated rings. The number of rotatable bonds is 11. The van der Waals surface area contributed by atoms with Crippen molar-refractivity contribution in [1.82, 2.24) is 4.90 Å². The van der Waals surface area contributed by atoms with Crippen molar-refractivity contribution in [1.29, 1.82) is 0 Å². The number of urea groups is 1. The number of benzene rings is 3. The summed E-state index contributed by atoms with van der Waals surface area (Å²) >= 11 is 0. The van der Waals surface area contributed by atoms with Crippen LogP contribution in [0.15, 0.2) is 66.7 Å². The lowest BCUT2D eigenvalue weighted by Gasteiger charge is -2.23. The molecule has 0 aromatic heterocycles. The van der Waals surface area contributed by atoms with E-state index in [-0.39, 0.29) is 31.8 Å². The molecule has 4 rings (SSSR count). The minimum atomic E-state index is -0.658. The molecule has 1 aliphatic carbocycles. The van der Waals surface area contributed by atoms with Crippen LogP contribution in [-0.2, 0) is 28.9 Å². The van der Waals surface area contributed by atoms with Crippen molar-refractivity contribution in [3.63, 3.8) is 0 Å². The molecule has 0 heterocycles. The van der Waals surface area contributed by atoms with Crippen LogP contribution in [0.25, 0.3) is 0 Å². The number of para-hydroxylation sites is 2. The zero-order valence-electron chi connectivity index (χ0n) is 24.9. The van der Waals surface area contributed by atoms with Crippen molar-refractivity contribution in [2.24, 2.45) is 0 Å². The molecule has 4 amide bonds. The van der Waals surface area contributed by atoms with Crippen molar-refractivity contribution in [2.75, 3.05) is 42.3 Å². The van der Waals surface area contributed by atoms with E-state index in [4.69, 9.17) is 14.6 Å². The lowest BCUT2D eigenvalue weighted by Crippen LogP contribution is -2.37. The molecule has 0 saturated heterocycles. The number of hydrogen-bond acceptors (Lipinski definition) is 6. The monoisotopic (exact) mass is 588 g/mol. The van der Waals surface area contributed by atoms with Crippen LogP contribution in [0.3, 0.4) is 0 Å². The molecule has 1 aliphatic rings. The van der Waals surface area contributed by atoms with Gasteiger partial charge in [-0.05, 0) is 93.1 Å². The second-order valence-electron chi connectivity index (χ2n) is 11.3. The fourth-order valence-corrected chi connectivity index (χ4v) is 4.74. The van der Waals surface area contributed by atoms with Crippen LogP contribution in [-0.4, -0.2) is 60.0 Å². The van der Waals surface area contributed by atoms with Crippen LogP contribution in [0.5, 0.6) is 0 Å². The van der Waals surface area contributed by atoms with Crippen molar-refractivity contribution in [2.45, 2.75) is 52.2 Å². The number of carbonyl (C=O) groups is 3. The number of nitrogens with zero attached hydrogens (tertiary/aromatic N) is 1. The largest absolute Gasteiger partial charge is 0.444 e. The molecule has 43 heavy (non-hydrogen) atoms. The van der Waals surface area contributed by atoms with Crippen molar-refractivity contribution >= 4 is 35.1 Å². The van der Waals surface area contributed by atoms with Gasteiger partial charge in [-0.1, -0.05) is 30.3 Å². The van der Waals surface area contributed by atoms with Gasteiger partial charge in [0.2, 0.25) is 0 Å². The number of carbonyl (C=O) groups excluding carboxylic acids is 3. The SMILES string of the molecule is CC(C)(C)OC(=O)Nc1ccccc1NC(=O)c1ccc(CN(CCOCCO)C(=O)Nc2ccc3c(c2)CCC3)cc1.